The van der Waals surface area contributed by atoms with Crippen molar-refractivity contribution in [2.24, 2.45) is 11.8 Å². The standard InChI is InChI=1S/C17H34N2S/c1-12(2)8-14-11-19(17(10-18-14)13(3)4)15-6-7-16(9-15)20-5/h12-18H,6-11H2,1-5H3. The molecule has 0 aromatic rings. The van der Waals surface area contributed by atoms with Crippen molar-refractivity contribution in [2.45, 2.75) is 76.8 Å². The number of nitrogens with zero attached hydrogens (tertiary/aromatic N) is 1. The molecule has 4 unspecified atom stereocenters. The van der Waals surface area contributed by atoms with E-state index in [1.807, 2.05) is 0 Å². The van der Waals surface area contributed by atoms with Crippen LogP contribution in [0.4, 0.5) is 0 Å². The second-order valence-corrected chi connectivity index (χ2v) is 8.71. The Hall–Kier alpha value is 0.270. The summed E-state index contributed by atoms with van der Waals surface area (Å²) in [5.41, 5.74) is 0. The topological polar surface area (TPSA) is 15.3 Å². The minimum Gasteiger partial charge on any atom is -0.311 e. The van der Waals surface area contributed by atoms with Crippen molar-refractivity contribution < 1.29 is 0 Å². The van der Waals surface area contributed by atoms with Crippen LogP contribution in [0, 0.1) is 11.8 Å². The van der Waals surface area contributed by atoms with Gasteiger partial charge in [0.25, 0.3) is 0 Å². The van der Waals surface area contributed by atoms with Crippen molar-refractivity contribution in [1.29, 1.82) is 0 Å². The summed E-state index contributed by atoms with van der Waals surface area (Å²) in [5, 5.41) is 4.72. The van der Waals surface area contributed by atoms with Crippen LogP contribution in [-0.4, -0.2) is 47.6 Å². The maximum atomic E-state index is 3.81. The summed E-state index contributed by atoms with van der Waals surface area (Å²) in [6, 6.07) is 2.29. The summed E-state index contributed by atoms with van der Waals surface area (Å²) in [5.74, 6) is 1.56. The SMILES string of the molecule is CSC1CCC(N2CC(CC(C)C)NCC2C(C)C)C1. The van der Waals surface area contributed by atoms with Crippen LogP contribution < -0.4 is 5.32 Å². The number of nitrogens with one attached hydrogen (secondary N) is 1. The maximum absolute atomic E-state index is 3.81. The number of thioether (sulfide) groups is 1. The van der Waals surface area contributed by atoms with Crippen molar-refractivity contribution in [2.75, 3.05) is 19.3 Å². The molecular weight excluding hydrogens is 264 g/mol. The van der Waals surface area contributed by atoms with Gasteiger partial charge in [0.05, 0.1) is 0 Å². The fourth-order valence-corrected chi connectivity index (χ4v) is 4.84. The van der Waals surface area contributed by atoms with E-state index in [0.29, 0.717) is 6.04 Å². The third kappa shape index (κ3) is 4.14. The van der Waals surface area contributed by atoms with Gasteiger partial charge in [-0.05, 0) is 43.8 Å². The van der Waals surface area contributed by atoms with E-state index < -0.39 is 0 Å². The van der Waals surface area contributed by atoms with Crippen molar-refractivity contribution in [1.82, 2.24) is 10.2 Å². The monoisotopic (exact) mass is 298 g/mol. The number of hydrogen-bond donors (Lipinski definition) is 1. The second kappa shape index (κ2) is 7.51. The lowest BCUT2D eigenvalue weighted by Crippen LogP contribution is -2.60. The van der Waals surface area contributed by atoms with E-state index in [9.17, 15) is 0 Å². The highest BCUT2D eigenvalue weighted by Crippen LogP contribution is 2.34. The Morgan fingerprint density at radius 3 is 2.50 bits per heavy atom. The molecule has 1 aliphatic carbocycles. The Labute approximate surface area is 130 Å². The Balaban J connectivity index is 1.99. The van der Waals surface area contributed by atoms with Crippen LogP contribution in [0.25, 0.3) is 0 Å². The van der Waals surface area contributed by atoms with Crippen molar-refractivity contribution in [3.05, 3.63) is 0 Å². The first-order valence-corrected chi connectivity index (χ1v) is 9.82. The summed E-state index contributed by atoms with van der Waals surface area (Å²) in [4.78, 5) is 2.88. The second-order valence-electron chi connectivity index (χ2n) is 7.57. The molecule has 0 spiro atoms. The zero-order valence-electron chi connectivity index (χ0n) is 14.1. The molecule has 0 aromatic carbocycles. The minimum atomic E-state index is 0.707. The molecule has 3 heteroatoms. The van der Waals surface area contributed by atoms with E-state index in [-0.39, 0.29) is 0 Å². The number of hydrogen-bond acceptors (Lipinski definition) is 3. The van der Waals surface area contributed by atoms with Gasteiger partial charge in [-0.1, -0.05) is 27.7 Å². The van der Waals surface area contributed by atoms with E-state index in [1.165, 1.54) is 38.8 Å². The highest BCUT2D eigenvalue weighted by molar-refractivity contribution is 7.99. The molecule has 2 aliphatic rings. The molecule has 1 heterocycles. The van der Waals surface area contributed by atoms with E-state index in [4.69, 9.17) is 0 Å². The molecule has 2 fully saturated rings. The van der Waals surface area contributed by atoms with Gasteiger partial charge in [-0.2, -0.15) is 11.8 Å². The first-order valence-electron chi connectivity index (χ1n) is 8.53. The molecule has 1 saturated heterocycles. The van der Waals surface area contributed by atoms with Gasteiger partial charge in [0.1, 0.15) is 0 Å². The van der Waals surface area contributed by atoms with Gasteiger partial charge in [-0.25, -0.2) is 0 Å². The molecule has 0 radical (unpaired) electrons. The van der Waals surface area contributed by atoms with Crippen LogP contribution >= 0.6 is 11.8 Å². The summed E-state index contributed by atoms with van der Waals surface area (Å²) in [7, 11) is 0. The smallest absolute Gasteiger partial charge is 0.0247 e. The fraction of sp³-hybridized carbons (Fsp3) is 1.00. The summed E-state index contributed by atoms with van der Waals surface area (Å²) in [6.45, 7) is 11.9. The Bertz CT molecular complexity index is 293. The van der Waals surface area contributed by atoms with Crippen LogP contribution in [0.2, 0.25) is 0 Å². The summed E-state index contributed by atoms with van der Waals surface area (Å²) >= 11 is 2.08. The van der Waals surface area contributed by atoms with E-state index in [2.05, 4.69) is 55.9 Å². The van der Waals surface area contributed by atoms with E-state index in [1.54, 1.807) is 0 Å². The fourth-order valence-electron chi connectivity index (χ4n) is 4.06. The Morgan fingerprint density at radius 2 is 1.95 bits per heavy atom. The number of rotatable bonds is 5. The zero-order chi connectivity index (χ0) is 14.7. The Morgan fingerprint density at radius 1 is 1.20 bits per heavy atom. The van der Waals surface area contributed by atoms with Crippen molar-refractivity contribution in [3.8, 4) is 0 Å². The molecule has 1 saturated carbocycles. The highest BCUT2D eigenvalue weighted by Gasteiger charge is 2.37. The third-order valence-corrected chi connectivity index (χ3v) is 6.25. The van der Waals surface area contributed by atoms with Gasteiger partial charge in [0.2, 0.25) is 0 Å². The molecule has 118 valence electrons. The van der Waals surface area contributed by atoms with Gasteiger partial charge in [0.15, 0.2) is 0 Å². The average Bonchev–Trinajstić information content (AvgIpc) is 2.86. The molecule has 0 aromatic heterocycles. The van der Waals surface area contributed by atoms with Crippen molar-refractivity contribution >= 4 is 11.8 Å². The van der Waals surface area contributed by atoms with E-state index >= 15 is 0 Å². The zero-order valence-corrected chi connectivity index (χ0v) is 14.9. The normalized spacial score (nSPS) is 36.1. The molecule has 0 bridgehead atoms. The minimum absolute atomic E-state index is 0.707. The Kier molecular flexibility index (Phi) is 6.25. The summed E-state index contributed by atoms with van der Waals surface area (Å²) < 4.78 is 0. The molecule has 4 atom stereocenters. The van der Waals surface area contributed by atoms with Gasteiger partial charge >= 0.3 is 0 Å². The predicted molar refractivity (Wildman–Crippen MR) is 91.5 cm³/mol. The molecule has 2 rings (SSSR count). The molecular formula is C17H34N2S. The average molecular weight is 299 g/mol. The van der Waals surface area contributed by atoms with Gasteiger partial charge < -0.3 is 5.32 Å². The molecule has 20 heavy (non-hydrogen) atoms. The lowest BCUT2D eigenvalue weighted by molar-refractivity contribution is 0.0533. The summed E-state index contributed by atoms with van der Waals surface area (Å²) in [6.07, 6.45) is 7.86. The molecule has 2 nitrogen and oxygen atoms in total. The van der Waals surface area contributed by atoms with Crippen LogP contribution in [0.5, 0.6) is 0 Å². The highest BCUT2D eigenvalue weighted by atomic mass is 32.2. The lowest BCUT2D eigenvalue weighted by Gasteiger charge is -2.46. The van der Waals surface area contributed by atoms with E-state index in [0.717, 1.165) is 29.2 Å². The molecule has 1 aliphatic heterocycles. The van der Waals surface area contributed by atoms with Crippen LogP contribution in [0.1, 0.15) is 53.4 Å². The number of piperazine rings is 1. The van der Waals surface area contributed by atoms with Crippen LogP contribution in [0.3, 0.4) is 0 Å². The maximum Gasteiger partial charge on any atom is 0.0247 e. The lowest BCUT2D eigenvalue weighted by atomic mass is 9.93. The van der Waals surface area contributed by atoms with Crippen LogP contribution in [0.15, 0.2) is 0 Å². The first-order chi connectivity index (χ1) is 9.51. The quantitative estimate of drug-likeness (QED) is 0.834. The van der Waals surface area contributed by atoms with Crippen molar-refractivity contribution in [3.63, 3.8) is 0 Å². The predicted octanol–water partition coefficient (Wildman–Crippen LogP) is 3.62. The van der Waals surface area contributed by atoms with Gasteiger partial charge in [0, 0.05) is 36.5 Å². The molecule has 0 amide bonds. The molecule has 1 N–H and O–H groups in total. The third-order valence-electron chi connectivity index (χ3n) is 5.16. The first kappa shape index (κ1) is 16.6. The largest absolute Gasteiger partial charge is 0.311 e. The van der Waals surface area contributed by atoms with Gasteiger partial charge in [-0.15, -0.1) is 0 Å². The van der Waals surface area contributed by atoms with Crippen LogP contribution in [-0.2, 0) is 0 Å². The van der Waals surface area contributed by atoms with Gasteiger partial charge in [-0.3, -0.25) is 4.90 Å².